The van der Waals surface area contributed by atoms with Crippen molar-refractivity contribution in [2.45, 2.75) is 12.5 Å². The first-order valence-electron chi connectivity index (χ1n) is 5.64. The molecular formula is C12H14N2O6. The Labute approximate surface area is 114 Å². The molecule has 0 aliphatic rings. The molecule has 0 aromatic heterocycles. The number of esters is 2. The van der Waals surface area contributed by atoms with Crippen LogP contribution in [0.5, 0.6) is 0 Å². The van der Waals surface area contributed by atoms with Gasteiger partial charge in [0.25, 0.3) is 5.69 Å². The molecule has 1 unspecified atom stereocenters. The Morgan fingerprint density at radius 1 is 1.30 bits per heavy atom. The molecule has 0 amide bonds. The van der Waals surface area contributed by atoms with Crippen molar-refractivity contribution >= 4 is 23.3 Å². The smallest absolute Gasteiger partial charge is 0.328 e. The number of nitrogens with one attached hydrogen (secondary N) is 1. The molecule has 0 bridgehead atoms. The van der Waals surface area contributed by atoms with Gasteiger partial charge in [-0.2, -0.15) is 0 Å². The maximum absolute atomic E-state index is 11.6. The predicted octanol–water partition coefficient (Wildman–Crippen LogP) is 1.11. The largest absolute Gasteiger partial charge is 0.469 e. The lowest BCUT2D eigenvalue weighted by Crippen LogP contribution is -2.33. The first-order valence-corrected chi connectivity index (χ1v) is 5.64. The lowest BCUT2D eigenvalue weighted by molar-refractivity contribution is -0.384. The molecule has 1 atom stereocenters. The Balaban J connectivity index is 2.98. The van der Waals surface area contributed by atoms with Gasteiger partial charge in [0, 0.05) is 6.07 Å². The molecule has 1 rings (SSSR count). The second-order valence-electron chi connectivity index (χ2n) is 3.77. The van der Waals surface area contributed by atoms with Gasteiger partial charge in [0.1, 0.15) is 11.7 Å². The third-order valence-corrected chi connectivity index (χ3v) is 2.51. The quantitative estimate of drug-likeness (QED) is 0.473. The number of anilines is 1. The van der Waals surface area contributed by atoms with Crippen molar-refractivity contribution in [3.8, 4) is 0 Å². The monoisotopic (exact) mass is 282 g/mol. The van der Waals surface area contributed by atoms with Crippen LogP contribution in [0.2, 0.25) is 0 Å². The summed E-state index contributed by atoms with van der Waals surface area (Å²) in [6.45, 7) is 0. The summed E-state index contributed by atoms with van der Waals surface area (Å²) >= 11 is 0. The third-order valence-electron chi connectivity index (χ3n) is 2.51. The van der Waals surface area contributed by atoms with Crippen LogP contribution in [0.3, 0.4) is 0 Å². The summed E-state index contributed by atoms with van der Waals surface area (Å²) in [5.41, 5.74) is -0.0805. The third kappa shape index (κ3) is 3.94. The number of hydrogen-bond acceptors (Lipinski definition) is 7. The van der Waals surface area contributed by atoms with Gasteiger partial charge in [-0.3, -0.25) is 14.9 Å². The van der Waals surface area contributed by atoms with E-state index in [2.05, 4.69) is 14.8 Å². The number of nitrogens with zero attached hydrogens (tertiary/aromatic N) is 1. The van der Waals surface area contributed by atoms with E-state index in [9.17, 15) is 19.7 Å². The minimum atomic E-state index is -1.06. The average molecular weight is 282 g/mol. The number of ether oxygens (including phenoxy) is 2. The van der Waals surface area contributed by atoms with Crippen molar-refractivity contribution in [3.05, 3.63) is 34.4 Å². The van der Waals surface area contributed by atoms with Crippen LogP contribution < -0.4 is 5.32 Å². The van der Waals surface area contributed by atoms with E-state index in [0.717, 1.165) is 7.11 Å². The molecule has 0 aliphatic carbocycles. The molecule has 0 heterocycles. The number of hydrogen-bond donors (Lipinski definition) is 1. The Kier molecular flexibility index (Phi) is 5.45. The minimum absolute atomic E-state index is 0.122. The molecule has 1 aromatic rings. The van der Waals surface area contributed by atoms with Gasteiger partial charge >= 0.3 is 11.9 Å². The number of nitro groups is 1. The van der Waals surface area contributed by atoms with Crippen molar-refractivity contribution in [2.75, 3.05) is 19.5 Å². The Bertz CT molecular complexity index is 516. The van der Waals surface area contributed by atoms with Crippen LogP contribution in [-0.4, -0.2) is 37.1 Å². The van der Waals surface area contributed by atoms with Crippen molar-refractivity contribution in [2.24, 2.45) is 0 Å². The highest BCUT2D eigenvalue weighted by atomic mass is 16.6. The Morgan fingerprint density at radius 3 is 2.50 bits per heavy atom. The summed E-state index contributed by atoms with van der Waals surface area (Å²) < 4.78 is 9.02. The molecular weight excluding hydrogens is 268 g/mol. The highest BCUT2D eigenvalue weighted by Gasteiger charge is 2.25. The van der Waals surface area contributed by atoms with E-state index in [0.29, 0.717) is 0 Å². The number of benzene rings is 1. The number of para-hydroxylation sites is 2. The standard InChI is InChI=1S/C12H14N2O6/c1-19-11(15)7-9(12(16)20-2)13-8-5-3-4-6-10(8)14(17)18/h3-6,9,13H,7H2,1-2H3. The maximum atomic E-state index is 11.6. The first kappa shape index (κ1) is 15.4. The molecule has 8 heteroatoms. The fourth-order valence-electron chi connectivity index (χ4n) is 1.53. The second kappa shape index (κ2) is 7.07. The molecule has 0 saturated carbocycles. The molecule has 0 radical (unpaired) electrons. The molecule has 0 aliphatic heterocycles. The maximum Gasteiger partial charge on any atom is 0.328 e. The molecule has 108 valence electrons. The van der Waals surface area contributed by atoms with Gasteiger partial charge in [0.15, 0.2) is 0 Å². The number of rotatable bonds is 6. The van der Waals surface area contributed by atoms with Gasteiger partial charge in [-0.15, -0.1) is 0 Å². The van der Waals surface area contributed by atoms with Gasteiger partial charge in [-0.05, 0) is 6.07 Å². The lowest BCUT2D eigenvalue weighted by Gasteiger charge is -2.16. The zero-order chi connectivity index (χ0) is 15.1. The highest BCUT2D eigenvalue weighted by Crippen LogP contribution is 2.24. The van der Waals surface area contributed by atoms with Crippen molar-refractivity contribution in [1.29, 1.82) is 0 Å². The van der Waals surface area contributed by atoms with E-state index in [-0.39, 0.29) is 17.8 Å². The van der Waals surface area contributed by atoms with E-state index < -0.39 is 22.9 Å². The zero-order valence-electron chi connectivity index (χ0n) is 11.0. The predicted molar refractivity (Wildman–Crippen MR) is 69.2 cm³/mol. The molecule has 8 nitrogen and oxygen atoms in total. The molecule has 1 aromatic carbocycles. The van der Waals surface area contributed by atoms with Gasteiger partial charge < -0.3 is 14.8 Å². The lowest BCUT2D eigenvalue weighted by atomic mass is 10.2. The number of methoxy groups -OCH3 is 2. The number of carbonyl (C=O) groups is 2. The van der Waals surface area contributed by atoms with Crippen LogP contribution in [0.1, 0.15) is 6.42 Å². The molecule has 1 N–H and O–H groups in total. The number of nitro benzene ring substituents is 1. The van der Waals surface area contributed by atoms with Gasteiger partial charge in [-0.25, -0.2) is 4.79 Å². The van der Waals surface area contributed by atoms with E-state index in [4.69, 9.17) is 0 Å². The van der Waals surface area contributed by atoms with E-state index in [1.54, 1.807) is 6.07 Å². The fourth-order valence-corrected chi connectivity index (χ4v) is 1.53. The van der Waals surface area contributed by atoms with Crippen LogP contribution in [0.4, 0.5) is 11.4 Å². The minimum Gasteiger partial charge on any atom is -0.469 e. The van der Waals surface area contributed by atoms with Crippen LogP contribution in [0.25, 0.3) is 0 Å². The summed E-state index contributed by atoms with van der Waals surface area (Å²) in [6, 6.07) is 4.73. The SMILES string of the molecule is COC(=O)CC(Nc1ccccc1[N+](=O)[O-])C(=O)OC. The van der Waals surface area contributed by atoms with Gasteiger partial charge in [-0.1, -0.05) is 12.1 Å². The van der Waals surface area contributed by atoms with Crippen LogP contribution >= 0.6 is 0 Å². The van der Waals surface area contributed by atoms with Crippen LogP contribution in [-0.2, 0) is 19.1 Å². The average Bonchev–Trinajstić information content (AvgIpc) is 2.45. The molecule has 0 saturated heterocycles. The second-order valence-corrected chi connectivity index (χ2v) is 3.77. The van der Waals surface area contributed by atoms with Crippen molar-refractivity contribution in [3.63, 3.8) is 0 Å². The zero-order valence-corrected chi connectivity index (χ0v) is 11.0. The van der Waals surface area contributed by atoms with Crippen LogP contribution in [0.15, 0.2) is 24.3 Å². The topological polar surface area (TPSA) is 108 Å². The fraction of sp³-hybridized carbons (Fsp3) is 0.333. The van der Waals surface area contributed by atoms with E-state index in [1.807, 2.05) is 0 Å². The van der Waals surface area contributed by atoms with E-state index in [1.165, 1.54) is 25.3 Å². The van der Waals surface area contributed by atoms with Crippen molar-refractivity contribution in [1.82, 2.24) is 0 Å². The van der Waals surface area contributed by atoms with Gasteiger partial charge in [0.2, 0.25) is 0 Å². The van der Waals surface area contributed by atoms with E-state index >= 15 is 0 Å². The highest BCUT2D eigenvalue weighted by molar-refractivity contribution is 5.86. The first-order chi connectivity index (χ1) is 9.49. The normalized spacial score (nSPS) is 11.3. The molecule has 0 fully saturated rings. The summed E-state index contributed by atoms with van der Waals surface area (Å²) in [5.74, 6) is -1.35. The molecule has 20 heavy (non-hydrogen) atoms. The number of carbonyl (C=O) groups excluding carboxylic acids is 2. The molecule has 0 spiro atoms. The van der Waals surface area contributed by atoms with Crippen LogP contribution in [0, 0.1) is 10.1 Å². The van der Waals surface area contributed by atoms with Gasteiger partial charge in [0.05, 0.1) is 25.6 Å². The Morgan fingerprint density at radius 2 is 1.95 bits per heavy atom. The summed E-state index contributed by atoms with van der Waals surface area (Å²) in [4.78, 5) is 33.1. The van der Waals surface area contributed by atoms with Crippen molar-refractivity contribution < 1.29 is 24.0 Å². The summed E-state index contributed by atoms with van der Waals surface area (Å²) in [7, 11) is 2.34. The summed E-state index contributed by atoms with van der Waals surface area (Å²) in [5, 5.41) is 13.5. The Hall–Kier alpha value is -2.64. The summed E-state index contributed by atoms with van der Waals surface area (Å²) in [6.07, 6.45) is -0.296.